The summed E-state index contributed by atoms with van der Waals surface area (Å²) in [5.41, 5.74) is 4.77. The monoisotopic (exact) mass is 234 g/mol. The lowest BCUT2D eigenvalue weighted by atomic mass is 9.85. The number of halogens is 2. The number of hydrogen-bond acceptors (Lipinski definition) is 0. The van der Waals surface area contributed by atoms with Crippen molar-refractivity contribution in [3.63, 3.8) is 0 Å². The minimum atomic E-state index is -1.78. The molecule has 0 saturated carbocycles. The van der Waals surface area contributed by atoms with Gasteiger partial charge in [-0.2, -0.15) is 8.78 Å². The molecule has 0 fully saturated rings. The van der Waals surface area contributed by atoms with Crippen molar-refractivity contribution in [2.75, 3.05) is 0 Å². The highest BCUT2D eigenvalue weighted by Crippen LogP contribution is 2.23. The molecule has 0 aliphatic carbocycles. The highest BCUT2D eigenvalue weighted by molar-refractivity contribution is 5.28. The van der Waals surface area contributed by atoms with E-state index in [1.54, 1.807) is 0 Å². The third kappa shape index (κ3) is 6.32. The summed E-state index contributed by atoms with van der Waals surface area (Å²) in [5.74, 6) is 0. The van der Waals surface area contributed by atoms with Crippen LogP contribution < -0.4 is 0 Å². The van der Waals surface area contributed by atoms with Crippen molar-refractivity contribution in [1.82, 2.24) is 0 Å². The maximum atomic E-state index is 11.9. The Morgan fingerprint density at radius 3 is 2.06 bits per heavy atom. The minimum absolute atomic E-state index is 0.412. The molecule has 0 heterocycles. The molecule has 0 bridgehead atoms. The van der Waals surface area contributed by atoms with Gasteiger partial charge in [-0.05, 0) is 11.6 Å². The SMILES string of the molecule is C=C=C.CC(C)(C=C=C(F)F)c1ccccc1. The lowest BCUT2D eigenvalue weighted by Crippen LogP contribution is -2.12. The Labute approximate surface area is 101 Å². The molecule has 0 N–H and O–H groups in total. The molecular weight excluding hydrogens is 218 g/mol. The average molecular weight is 234 g/mol. The Morgan fingerprint density at radius 1 is 1.18 bits per heavy atom. The molecule has 1 aromatic rings. The second-order valence-electron chi connectivity index (χ2n) is 3.89. The molecule has 0 nitrogen and oxygen atoms in total. The zero-order chi connectivity index (χ0) is 13.3. The molecule has 0 aliphatic rings. The normalized spacial score (nSPS) is 9.18. The predicted molar refractivity (Wildman–Crippen MR) is 68.0 cm³/mol. The van der Waals surface area contributed by atoms with Crippen LogP contribution in [-0.4, -0.2) is 0 Å². The fourth-order valence-electron chi connectivity index (χ4n) is 1.19. The summed E-state index contributed by atoms with van der Waals surface area (Å²) in [5, 5.41) is 0. The van der Waals surface area contributed by atoms with Crippen LogP contribution in [0.3, 0.4) is 0 Å². The van der Waals surface area contributed by atoms with Crippen LogP contribution >= 0.6 is 0 Å². The topological polar surface area (TPSA) is 0 Å². The largest absolute Gasteiger partial charge is 0.312 e. The molecule has 0 aromatic heterocycles. The average Bonchev–Trinajstić information content (AvgIpc) is 2.29. The van der Waals surface area contributed by atoms with Crippen molar-refractivity contribution in [2.45, 2.75) is 19.3 Å². The van der Waals surface area contributed by atoms with Gasteiger partial charge in [0, 0.05) is 5.41 Å². The second kappa shape index (κ2) is 7.40. The summed E-state index contributed by atoms with van der Waals surface area (Å²) in [7, 11) is 0. The summed E-state index contributed by atoms with van der Waals surface area (Å²) in [6.45, 7) is 10.00. The fourth-order valence-corrected chi connectivity index (χ4v) is 1.19. The highest BCUT2D eigenvalue weighted by atomic mass is 19.3. The van der Waals surface area contributed by atoms with Gasteiger partial charge in [0.1, 0.15) is 0 Å². The van der Waals surface area contributed by atoms with Crippen molar-refractivity contribution in [3.05, 3.63) is 72.7 Å². The Hall–Kier alpha value is -1.88. The maximum absolute atomic E-state index is 11.9. The van der Waals surface area contributed by atoms with E-state index in [4.69, 9.17) is 0 Å². The smallest absolute Gasteiger partial charge is 0.164 e. The summed E-state index contributed by atoms with van der Waals surface area (Å²) < 4.78 is 23.7. The molecule has 0 spiro atoms. The molecule has 0 atom stereocenters. The van der Waals surface area contributed by atoms with Gasteiger partial charge in [-0.25, -0.2) is 0 Å². The molecular formula is C15H16F2. The Bertz CT molecular complexity index is 425. The first-order valence-electron chi connectivity index (χ1n) is 5.07. The Morgan fingerprint density at radius 2 is 1.65 bits per heavy atom. The molecule has 0 amide bonds. The molecule has 0 radical (unpaired) electrons. The van der Waals surface area contributed by atoms with Gasteiger partial charge in [0.2, 0.25) is 0 Å². The van der Waals surface area contributed by atoms with Crippen LogP contribution in [0.5, 0.6) is 0 Å². The number of allylic oxidation sites excluding steroid dienone is 1. The quantitative estimate of drug-likeness (QED) is 0.641. The summed E-state index contributed by atoms with van der Waals surface area (Å²) in [6.07, 6.45) is -0.397. The van der Waals surface area contributed by atoms with E-state index in [1.165, 1.54) is 6.08 Å². The van der Waals surface area contributed by atoms with Crippen molar-refractivity contribution in [3.8, 4) is 0 Å². The molecule has 2 heteroatoms. The maximum Gasteiger partial charge on any atom is 0.312 e. The van der Waals surface area contributed by atoms with Crippen molar-refractivity contribution in [1.29, 1.82) is 0 Å². The van der Waals surface area contributed by atoms with E-state index in [1.807, 2.05) is 49.9 Å². The minimum Gasteiger partial charge on any atom is -0.164 e. The third-order valence-electron chi connectivity index (χ3n) is 2.06. The van der Waals surface area contributed by atoms with E-state index >= 15 is 0 Å². The standard InChI is InChI=1S/C12H12F2.C3H4/c1-12(2,9-8-11(13)14)10-6-4-3-5-7-10;1-3-2/h3-7,9H,1-2H3;1-2H2. The fraction of sp³-hybridized carbons (Fsp3) is 0.200. The number of benzene rings is 1. The molecule has 1 aromatic carbocycles. The van der Waals surface area contributed by atoms with Crippen LogP contribution in [0.25, 0.3) is 0 Å². The van der Waals surface area contributed by atoms with Crippen LogP contribution in [0.4, 0.5) is 8.78 Å². The Kier molecular flexibility index (Phi) is 6.58. The molecule has 0 saturated heterocycles. The third-order valence-corrected chi connectivity index (χ3v) is 2.06. The second-order valence-corrected chi connectivity index (χ2v) is 3.89. The van der Waals surface area contributed by atoms with Crippen molar-refractivity contribution in [2.24, 2.45) is 0 Å². The van der Waals surface area contributed by atoms with E-state index in [0.29, 0.717) is 0 Å². The van der Waals surface area contributed by atoms with Gasteiger partial charge in [0.15, 0.2) is 0 Å². The lowest BCUT2D eigenvalue weighted by molar-refractivity contribution is 0.423. The Balaban J connectivity index is 0.000000770. The van der Waals surface area contributed by atoms with E-state index in [-0.39, 0.29) is 0 Å². The van der Waals surface area contributed by atoms with Gasteiger partial charge in [-0.1, -0.05) is 63.1 Å². The summed E-state index contributed by atoms with van der Waals surface area (Å²) in [4.78, 5) is 0. The van der Waals surface area contributed by atoms with Gasteiger partial charge in [-0.3, -0.25) is 0 Å². The summed E-state index contributed by atoms with van der Waals surface area (Å²) in [6, 6.07) is 9.50. The zero-order valence-corrected chi connectivity index (χ0v) is 10.1. The van der Waals surface area contributed by atoms with Gasteiger partial charge >= 0.3 is 6.08 Å². The lowest BCUT2D eigenvalue weighted by Gasteiger charge is -2.19. The van der Waals surface area contributed by atoms with Gasteiger partial charge in [-0.15, -0.1) is 5.73 Å². The van der Waals surface area contributed by atoms with Crippen LogP contribution in [0.2, 0.25) is 0 Å². The van der Waals surface area contributed by atoms with Gasteiger partial charge in [0.25, 0.3) is 0 Å². The zero-order valence-electron chi connectivity index (χ0n) is 10.1. The summed E-state index contributed by atoms with van der Waals surface area (Å²) >= 11 is 0. The number of hydrogen-bond donors (Lipinski definition) is 0. The van der Waals surface area contributed by atoms with Crippen LogP contribution in [0, 0.1) is 0 Å². The molecule has 0 unspecified atom stereocenters. The van der Waals surface area contributed by atoms with Gasteiger partial charge < -0.3 is 0 Å². The predicted octanol–water partition coefficient (Wildman–Crippen LogP) is 4.86. The molecule has 1 rings (SSSR count). The van der Waals surface area contributed by atoms with E-state index < -0.39 is 11.5 Å². The first-order valence-corrected chi connectivity index (χ1v) is 5.07. The number of rotatable bonds is 2. The van der Waals surface area contributed by atoms with Crippen LogP contribution in [-0.2, 0) is 5.41 Å². The van der Waals surface area contributed by atoms with E-state index in [0.717, 1.165) is 5.56 Å². The first-order chi connectivity index (χ1) is 7.94. The van der Waals surface area contributed by atoms with Crippen molar-refractivity contribution >= 4 is 0 Å². The van der Waals surface area contributed by atoms with E-state index in [2.05, 4.69) is 18.9 Å². The first kappa shape index (κ1) is 15.1. The molecule has 0 aliphatic heterocycles. The molecule has 17 heavy (non-hydrogen) atoms. The van der Waals surface area contributed by atoms with Gasteiger partial charge in [0.05, 0.1) is 0 Å². The van der Waals surface area contributed by atoms with Crippen LogP contribution in [0.15, 0.2) is 67.1 Å². The van der Waals surface area contributed by atoms with E-state index in [9.17, 15) is 8.78 Å². The van der Waals surface area contributed by atoms with Crippen molar-refractivity contribution < 1.29 is 8.78 Å². The highest BCUT2D eigenvalue weighted by Gasteiger charge is 2.15. The van der Waals surface area contributed by atoms with Crippen LogP contribution in [0.1, 0.15) is 19.4 Å². The molecule has 90 valence electrons.